The van der Waals surface area contributed by atoms with Gasteiger partial charge in [-0.1, -0.05) is 24.3 Å². The minimum Gasteiger partial charge on any atom is -0.467 e. The zero-order valence-corrected chi connectivity index (χ0v) is 21.1. The molecule has 8 rings (SSSR count). The Morgan fingerprint density at radius 3 is 2.95 bits per heavy atom. The largest absolute Gasteiger partial charge is 0.467 e. The number of rotatable bonds is 5. The lowest BCUT2D eigenvalue weighted by Gasteiger charge is -2.30. The molecular weight excluding hydrogens is 490 g/mol. The van der Waals surface area contributed by atoms with Crippen LogP contribution < -0.4 is 0 Å². The predicted octanol–water partition coefficient (Wildman–Crippen LogP) is 6.05. The summed E-state index contributed by atoms with van der Waals surface area (Å²) in [4.78, 5) is 6.75. The van der Waals surface area contributed by atoms with E-state index in [-0.39, 0.29) is 5.92 Å². The van der Waals surface area contributed by atoms with Crippen LogP contribution in [0.5, 0.6) is 0 Å². The standard InChI is InChI=1S/C30H25N7O2/c1-2-6-23-22(4-1)18-38-26(23)17-36-12-3-5-21(15-36)30-35-34-29(39-30)19-7-9-25-24(14-19)28(33-32-25)20-8-10-27-31-11-13-37(27)16-20/h1-2,4,6-11,13-14,16,18,21H,3,5,12,15,17H2,(H,32,33)/t21-/m1/s1. The minimum absolute atomic E-state index is 0.191. The first-order valence-corrected chi connectivity index (χ1v) is 13.2. The molecule has 0 aliphatic carbocycles. The monoisotopic (exact) mass is 515 g/mol. The van der Waals surface area contributed by atoms with Crippen molar-refractivity contribution in [2.75, 3.05) is 13.1 Å². The van der Waals surface area contributed by atoms with E-state index in [4.69, 9.17) is 8.83 Å². The average molecular weight is 516 g/mol. The SMILES string of the molecule is c1ccc2c(CN3CCC[C@@H](c4nnc(-c5ccc6[nH]nc(-c7ccc8nccn8c7)c6c5)o4)C3)occ2c1. The predicted molar refractivity (Wildman–Crippen MR) is 147 cm³/mol. The van der Waals surface area contributed by atoms with E-state index in [0.29, 0.717) is 11.8 Å². The second kappa shape index (κ2) is 8.92. The number of aromatic amines is 1. The average Bonchev–Trinajstić information content (AvgIpc) is 3.79. The fourth-order valence-electron chi connectivity index (χ4n) is 5.72. The molecule has 39 heavy (non-hydrogen) atoms. The summed E-state index contributed by atoms with van der Waals surface area (Å²) in [7, 11) is 0. The third kappa shape index (κ3) is 3.90. The van der Waals surface area contributed by atoms with Crippen LogP contribution in [0.25, 0.3) is 50.0 Å². The van der Waals surface area contributed by atoms with Gasteiger partial charge in [0.2, 0.25) is 11.8 Å². The number of hydrogen-bond donors (Lipinski definition) is 1. The normalized spacial score (nSPS) is 16.6. The third-order valence-corrected chi connectivity index (χ3v) is 7.72. The fraction of sp³-hybridized carbons (Fsp3) is 0.200. The van der Waals surface area contributed by atoms with E-state index in [1.807, 2.05) is 53.4 Å². The van der Waals surface area contributed by atoms with Crippen LogP contribution in [0.15, 0.2) is 88.3 Å². The van der Waals surface area contributed by atoms with Gasteiger partial charge in [-0.05, 0) is 49.7 Å². The molecule has 192 valence electrons. The van der Waals surface area contributed by atoms with Gasteiger partial charge >= 0.3 is 0 Å². The van der Waals surface area contributed by atoms with Gasteiger partial charge in [-0.25, -0.2) is 4.98 Å². The number of pyridine rings is 1. The van der Waals surface area contributed by atoms with Crippen molar-refractivity contribution in [1.82, 2.24) is 34.7 Å². The van der Waals surface area contributed by atoms with Crippen LogP contribution in [0.2, 0.25) is 0 Å². The van der Waals surface area contributed by atoms with Crippen molar-refractivity contribution in [1.29, 1.82) is 0 Å². The van der Waals surface area contributed by atoms with Gasteiger partial charge in [0.1, 0.15) is 17.1 Å². The topological polar surface area (TPSA) is 101 Å². The Bertz CT molecular complexity index is 1940. The fourth-order valence-corrected chi connectivity index (χ4v) is 5.72. The van der Waals surface area contributed by atoms with Crippen LogP contribution >= 0.6 is 0 Å². The van der Waals surface area contributed by atoms with E-state index in [2.05, 4.69) is 54.5 Å². The van der Waals surface area contributed by atoms with Crippen LogP contribution in [0.1, 0.15) is 30.4 Å². The van der Waals surface area contributed by atoms with Crippen molar-refractivity contribution in [2.24, 2.45) is 0 Å². The lowest BCUT2D eigenvalue weighted by Crippen LogP contribution is -2.33. The number of fused-ring (bicyclic) bond motifs is 3. The summed E-state index contributed by atoms with van der Waals surface area (Å²) >= 11 is 0. The molecule has 7 aromatic rings. The van der Waals surface area contributed by atoms with Crippen molar-refractivity contribution in [2.45, 2.75) is 25.3 Å². The van der Waals surface area contributed by atoms with E-state index in [1.165, 1.54) is 5.39 Å². The van der Waals surface area contributed by atoms with E-state index in [1.54, 1.807) is 6.20 Å². The van der Waals surface area contributed by atoms with E-state index in [0.717, 1.165) is 77.0 Å². The Balaban J connectivity index is 1.05. The summed E-state index contributed by atoms with van der Waals surface area (Å²) < 4.78 is 14.2. The molecule has 9 heteroatoms. The molecule has 1 aliphatic rings. The number of H-pyrrole nitrogens is 1. The molecule has 0 saturated carbocycles. The summed E-state index contributed by atoms with van der Waals surface area (Å²) in [6.07, 6.45) is 9.70. The Morgan fingerprint density at radius 1 is 1.00 bits per heavy atom. The lowest BCUT2D eigenvalue weighted by molar-refractivity contribution is 0.175. The minimum atomic E-state index is 0.191. The molecule has 0 amide bonds. The van der Waals surface area contributed by atoms with Crippen LogP contribution in [0, 0.1) is 0 Å². The summed E-state index contributed by atoms with van der Waals surface area (Å²) in [5.74, 6) is 2.42. The number of nitrogens with zero attached hydrogens (tertiary/aromatic N) is 6. The van der Waals surface area contributed by atoms with Crippen molar-refractivity contribution >= 4 is 27.3 Å². The smallest absolute Gasteiger partial charge is 0.247 e. The highest BCUT2D eigenvalue weighted by Crippen LogP contribution is 2.33. The maximum atomic E-state index is 6.27. The quantitative estimate of drug-likeness (QED) is 0.298. The molecule has 0 unspecified atom stereocenters. The second-order valence-corrected chi connectivity index (χ2v) is 10.2. The van der Waals surface area contributed by atoms with Crippen LogP contribution in [-0.2, 0) is 6.54 Å². The van der Waals surface area contributed by atoms with Crippen molar-refractivity contribution in [3.8, 4) is 22.7 Å². The van der Waals surface area contributed by atoms with Crippen molar-refractivity contribution < 1.29 is 8.83 Å². The Morgan fingerprint density at radius 2 is 1.95 bits per heavy atom. The number of likely N-dealkylation sites (tertiary alicyclic amines) is 1. The molecule has 6 heterocycles. The van der Waals surface area contributed by atoms with Crippen LogP contribution in [0.3, 0.4) is 0 Å². The highest BCUT2D eigenvalue weighted by Gasteiger charge is 2.27. The van der Waals surface area contributed by atoms with Crippen molar-refractivity contribution in [3.05, 3.63) is 91.1 Å². The Hall–Kier alpha value is -4.76. The van der Waals surface area contributed by atoms with Gasteiger partial charge in [-0.3, -0.25) is 10.00 Å². The Kier molecular flexibility index (Phi) is 5.09. The van der Waals surface area contributed by atoms with Gasteiger partial charge in [0.05, 0.1) is 24.2 Å². The van der Waals surface area contributed by atoms with E-state index < -0.39 is 0 Å². The van der Waals surface area contributed by atoms with Crippen molar-refractivity contribution in [3.63, 3.8) is 0 Å². The van der Waals surface area contributed by atoms with Gasteiger partial charge in [-0.2, -0.15) is 5.10 Å². The van der Waals surface area contributed by atoms with Gasteiger partial charge < -0.3 is 13.2 Å². The number of piperidine rings is 1. The lowest BCUT2D eigenvalue weighted by atomic mass is 9.98. The van der Waals surface area contributed by atoms with Gasteiger partial charge in [0, 0.05) is 52.4 Å². The summed E-state index contributed by atoms with van der Waals surface area (Å²) in [6.45, 7) is 2.66. The molecule has 1 atom stereocenters. The molecule has 1 saturated heterocycles. The van der Waals surface area contributed by atoms with Gasteiger partial charge in [0.25, 0.3) is 0 Å². The first-order chi connectivity index (χ1) is 19.3. The number of benzene rings is 2. The number of furan rings is 1. The van der Waals surface area contributed by atoms with E-state index in [9.17, 15) is 0 Å². The van der Waals surface area contributed by atoms with Crippen LogP contribution in [-0.4, -0.2) is 47.8 Å². The second-order valence-electron chi connectivity index (χ2n) is 10.2. The molecule has 5 aromatic heterocycles. The van der Waals surface area contributed by atoms with E-state index >= 15 is 0 Å². The number of nitrogens with one attached hydrogen (secondary N) is 1. The first-order valence-electron chi connectivity index (χ1n) is 13.2. The highest BCUT2D eigenvalue weighted by atomic mass is 16.4. The molecule has 1 N–H and O–H groups in total. The highest BCUT2D eigenvalue weighted by molar-refractivity contribution is 5.95. The Labute approximate surface area is 223 Å². The number of imidazole rings is 1. The first kappa shape index (κ1) is 22.2. The summed E-state index contributed by atoms with van der Waals surface area (Å²) in [5.41, 5.74) is 4.60. The molecule has 0 bridgehead atoms. The number of hydrogen-bond acceptors (Lipinski definition) is 7. The van der Waals surface area contributed by atoms with Crippen LogP contribution in [0.4, 0.5) is 0 Å². The zero-order valence-electron chi connectivity index (χ0n) is 21.1. The molecule has 9 nitrogen and oxygen atoms in total. The maximum Gasteiger partial charge on any atom is 0.247 e. The molecule has 0 radical (unpaired) electrons. The third-order valence-electron chi connectivity index (χ3n) is 7.72. The molecule has 0 spiro atoms. The van der Waals surface area contributed by atoms with Gasteiger partial charge in [0.15, 0.2) is 0 Å². The molecule has 2 aromatic carbocycles. The van der Waals surface area contributed by atoms with Gasteiger partial charge in [-0.15, -0.1) is 10.2 Å². The summed E-state index contributed by atoms with van der Waals surface area (Å²) in [5, 5.41) is 20.0. The zero-order chi connectivity index (χ0) is 25.8. The molecule has 1 fully saturated rings. The summed E-state index contributed by atoms with van der Waals surface area (Å²) in [6, 6.07) is 18.4. The number of aromatic nitrogens is 6. The maximum absolute atomic E-state index is 6.27. The molecular formula is C30H25N7O2. The molecule has 1 aliphatic heterocycles.